The Hall–Kier alpha value is -3.49. The van der Waals surface area contributed by atoms with Gasteiger partial charge in [-0.1, -0.05) is 24.3 Å². The summed E-state index contributed by atoms with van der Waals surface area (Å²) in [5.41, 5.74) is 3.49. The van der Waals surface area contributed by atoms with Gasteiger partial charge in [0.1, 0.15) is 17.5 Å². The normalized spacial score (nSPS) is 16.3. The molecule has 3 heterocycles. The number of aromatic nitrogens is 2. The summed E-state index contributed by atoms with van der Waals surface area (Å²) in [7, 11) is 0. The summed E-state index contributed by atoms with van der Waals surface area (Å²) >= 11 is 0. The van der Waals surface area contributed by atoms with Crippen molar-refractivity contribution in [2.24, 2.45) is 0 Å². The van der Waals surface area contributed by atoms with E-state index in [4.69, 9.17) is 14.5 Å². The summed E-state index contributed by atoms with van der Waals surface area (Å²) in [6.45, 7) is 5.87. The molecule has 2 aliphatic heterocycles. The first-order valence-electron chi connectivity index (χ1n) is 11.8. The Morgan fingerprint density at radius 3 is 2.37 bits per heavy atom. The maximum atomic E-state index is 14.4. The molecule has 35 heavy (non-hydrogen) atoms. The third kappa shape index (κ3) is 4.59. The average molecular weight is 477 g/mol. The number of para-hydroxylation sites is 2. The summed E-state index contributed by atoms with van der Waals surface area (Å²) < 4.78 is 40.8. The van der Waals surface area contributed by atoms with Gasteiger partial charge in [-0.15, -0.1) is 0 Å². The lowest BCUT2D eigenvalue weighted by Gasteiger charge is -2.34. The number of fused-ring (bicyclic) bond motifs is 2. The molecule has 0 unspecified atom stereocenters. The predicted octanol–water partition coefficient (Wildman–Crippen LogP) is 4.41. The Morgan fingerprint density at radius 1 is 0.771 bits per heavy atom. The van der Waals surface area contributed by atoms with E-state index in [2.05, 4.69) is 21.9 Å². The minimum Gasteiger partial charge on any atom is -0.454 e. The molecule has 2 aliphatic rings. The predicted molar refractivity (Wildman–Crippen MR) is 128 cm³/mol. The molecule has 0 atom stereocenters. The second-order valence-electron chi connectivity index (χ2n) is 9.08. The Morgan fingerprint density at radius 2 is 1.54 bits per heavy atom. The van der Waals surface area contributed by atoms with E-state index in [1.807, 2.05) is 34.9 Å². The van der Waals surface area contributed by atoms with Crippen LogP contribution < -0.4 is 9.47 Å². The Kier molecular flexibility index (Phi) is 5.83. The fourth-order valence-corrected chi connectivity index (χ4v) is 4.85. The third-order valence-corrected chi connectivity index (χ3v) is 6.75. The molecule has 0 aliphatic carbocycles. The highest BCUT2D eigenvalue weighted by molar-refractivity contribution is 5.76. The van der Waals surface area contributed by atoms with Crippen molar-refractivity contribution in [3.8, 4) is 11.5 Å². The van der Waals surface area contributed by atoms with E-state index in [0.717, 1.165) is 67.1 Å². The van der Waals surface area contributed by atoms with Crippen molar-refractivity contribution < 1.29 is 18.3 Å². The molecule has 6 rings (SSSR count). The molecule has 0 bridgehead atoms. The standard InChI is InChI=1S/C27H26F2N4O2/c28-21-7-6-20(22(29)14-21)16-33-24-4-2-1-3-23(24)30-27(33)17-32-11-9-31(10-12-32)15-19-5-8-25-26(13-19)35-18-34-25/h1-8,13-14H,9-12,15-18H2. The fourth-order valence-electron chi connectivity index (χ4n) is 4.85. The molecular weight excluding hydrogens is 450 g/mol. The van der Waals surface area contributed by atoms with E-state index in [1.54, 1.807) is 0 Å². The van der Waals surface area contributed by atoms with E-state index < -0.39 is 11.6 Å². The van der Waals surface area contributed by atoms with Gasteiger partial charge >= 0.3 is 0 Å². The largest absolute Gasteiger partial charge is 0.454 e. The van der Waals surface area contributed by atoms with Gasteiger partial charge in [-0.3, -0.25) is 9.80 Å². The van der Waals surface area contributed by atoms with Crippen LogP contribution in [0.2, 0.25) is 0 Å². The summed E-state index contributed by atoms with van der Waals surface area (Å²) in [5, 5.41) is 0. The SMILES string of the molecule is Fc1ccc(Cn2c(CN3CCN(Cc4ccc5c(c4)OCO5)CC3)nc3ccccc32)c(F)c1. The van der Waals surface area contributed by atoms with Crippen LogP contribution in [0.3, 0.4) is 0 Å². The second kappa shape index (κ2) is 9.28. The van der Waals surface area contributed by atoms with Crippen LogP contribution in [-0.2, 0) is 19.6 Å². The van der Waals surface area contributed by atoms with Gasteiger partial charge < -0.3 is 14.0 Å². The number of hydrogen-bond donors (Lipinski definition) is 0. The molecule has 1 fully saturated rings. The van der Waals surface area contributed by atoms with Crippen LogP contribution in [0.1, 0.15) is 17.0 Å². The zero-order valence-electron chi connectivity index (χ0n) is 19.3. The van der Waals surface area contributed by atoms with Crippen LogP contribution in [0.5, 0.6) is 11.5 Å². The zero-order valence-corrected chi connectivity index (χ0v) is 19.3. The topological polar surface area (TPSA) is 42.8 Å². The quantitative estimate of drug-likeness (QED) is 0.413. The number of rotatable bonds is 6. The molecule has 0 saturated carbocycles. The number of nitrogens with zero attached hydrogens (tertiary/aromatic N) is 4. The average Bonchev–Trinajstić information content (AvgIpc) is 3.46. The molecular formula is C27H26F2N4O2. The van der Waals surface area contributed by atoms with Gasteiger partial charge in [0, 0.05) is 44.4 Å². The molecule has 4 aromatic rings. The summed E-state index contributed by atoms with van der Waals surface area (Å²) in [6.07, 6.45) is 0. The number of benzene rings is 3. The molecule has 3 aromatic carbocycles. The number of hydrogen-bond acceptors (Lipinski definition) is 5. The van der Waals surface area contributed by atoms with E-state index in [1.165, 1.54) is 17.7 Å². The van der Waals surface area contributed by atoms with Crippen LogP contribution >= 0.6 is 0 Å². The number of ether oxygens (including phenoxy) is 2. The van der Waals surface area contributed by atoms with Gasteiger partial charge in [0.25, 0.3) is 0 Å². The van der Waals surface area contributed by atoms with E-state index >= 15 is 0 Å². The molecule has 1 aromatic heterocycles. The van der Waals surface area contributed by atoms with E-state index in [-0.39, 0.29) is 6.79 Å². The van der Waals surface area contributed by atoms with Gasteiger partial charge in [-0.2, -0.15) is 0 Å². The second-order valence-corrected chi connectivity index (χ2v) is 9.08. The lowest BCUT2D eigenvalue weighted by Crippen LogP contribution is -2.45. The Bertz CT molecular complexity index is 1360. The summed E-state index contributed by atoms with van der Waals surface area (Å²) in [6, 6.07) is 17.8. The Labute approximate surface area is 202 Å². The van der Waals surface area contributed by atoms with Crippen LogP contribution in [0, 0.1) is 11.6 Å². The van der Waals surface area contributed by atoms with Crippen molar-refractivity contribution in [2.75, 3.05) is 33.0 Å². The van der Waals surface area contributed by atoms with E-state index in [0.29, 0.717) is 18.7 Å². The first-order valence-corrected chi connectivity index (χ1v) is 11.8. The third-order valence-electron chi connectivity index (χ3n) is 6.75. The lowest BCUT2D eigenvalue weighted by atomic mass is 10.1. The van der Waals surface area contributed by atoms with Crippen molar-refractivity contribution in [2.45, 2.75) is 19.6 Å². The maximum Gasteiger partial charge on any atom is 0.231 e. The highest BCUT2D eigenvalue weighted by Gasteiger charge is 2.21. The summed E-state index contributed by atoms with van der Waals surface area (Å²) in [4.78, 5) is 9.67. The minimum absolute atomic E-state index is 0.288. The van der Waals surface area contributed by atoms with Crippen molar-refractivity contribution in [1.29, 1.82) is 0 Å². The molecule has 0 radical (unpaired) electrons. The fraction of sp³-hybridized carbons (Fsp3) is 0.296. The van der Waals surface area contributed by atoms with Crippen molar-refractivity contribution in [3.05, 3.63) is 89.2 Å². The van der Waals surface area contributed by atoms with Crippen LogP contribution in [0.4, 0.5) is 8.78 Å². The van der Waals surface area contributed by atoms with E-state index in [9.17, 15) is 8.78 Å². The number of imidazole rings is 1. The van der Waals surface area contributed by atoms with Crippen molar-refractivity contribution >= 4 is 11.0 Å². The van der Waals surface area contributed by atoms with Gasteiger partial charge in [0.05, 0.1) is 24.1 Å². The molecule has 8 heteroatoms. The molecule has 0 amide bonds. The van der Waals surface area contributed by atoms with Crippen LogP contribution in [0.25, 0.3) is 11.0 Å². The van der Waals surface area contributed by atoms with Crippen molar-refractivity contribution in [3.63, 3.8) is 0 Å². The van der Waals surface area contributed by atoms with Gasteiger partial charge in [-0.05, 0) is 35.9 Å². The first kappa shape index (κ1) is 22.0. The van der Waals surface area contributed by atoms with Gasteiger partial charge in [0.15, 0.2) is 11.5 Å². The highest BCUT2D eigenvalue weighted by atomic mass is 19.1. The molecule has 180 valence electrons. The lowest BCUT2D eigenvalue weighted by molar-refractivity contribution is 0.119. The van der Waals surface area contributed by atoms with Crippen LogP contribution in [-0.4, -0.2) is 52.3 Å². The van der Waals surface area contributed by atoms with Crippen molar-refractivity contribution in [1.82, 2.24) is 19.4 Å². The maximum absolute atomic E-state index is 14.4. The number of halogens is 2. The highest BCUT2D eigenvalue weighted by Crippen LogP contribution is 2.33. The molecule has 0 spiro atoms. The molecule has 1 saturated heterocycles. The molecule has 0 N–H and O–H groups in total. The summed E-state index contributed by atoms with van der Waals surface area (Å²) in [5.74, 6) is 1.41. The number of piperazine rings is 1. The monoisotopic (exact) mass is 476 g/mol. The Balaban J connectivity index is 1.15. The smallest absolute Gasteiger partial charge is 0.231 e. The van der Waals surface area contributed by atoms with Gasteiger partial charge in [0.2, 0.25) is 6.79 Å². The van der Waals surface area contributed by atoms with Crippen LogP contribution in [0.15, 0.2) is 60.7 Å². The zero-order chi connectivity index (χ0) is 23.8. The van der Waals surface area contributed by atoms with Gasteiger partial charge in [-0.25, -0.2) is 13.8 Å². The first-order chi connectivity index (χ1) is 17.1. The molecule has 6 nitrogen and oxygen atoms in total. The minimum atomic E-state index is -0.569.